The summed E-state index contributed by atoms with van der Waals surface area (Å²) < 4.78 is 0. The van der Waals surface area contributed by atoms with Crippen LogP contribution in [0.2, 0.25) is 0 Å². The lowest BCUT2D eigenvalue weighted by atomic mass is 9.81. The molecule has 2 atom stereocenters. The Morgan fingerprint density at radius 2 is 1.94 bits per heavy atom. The molecule has 0 spiro atoms. The van der Waals surface area contributed by atoms with Crippen LogP contribution < -0.4 is 11.1 Å². The lowest BCUT2D eigenvalue weighted by Gasteiger charge is -2.29. The van der Waals surface area contributed by atoms with Gasteiger partial charge in [-0.1, -0.05) is 12.1 Å². The average molecular weight is 248 g/mol. The lowest BCUT2D eigenvalue weighted by Crippen LogP contribution is -2.39. The summed E-state index contributed by atoms with van der Waals surface area (Å²) in [6, 6.07) is 6.90. The van der Waals surface area contributed by atoms with Crippen LogP contribution in [0.15, 0.2) is 24.3 Å². The Morgan fingerprint density at radius 3 is 2.50 bits per heavy atom. The van der Waals surface area contributed by atoms with Crippen LogP contribution in [0, 0.1) is 5.92 Å². The van der Waals surface area contributed by atoms with Crippen molar-refractivity contribution in [3.8, 4) is 0 Å². The van der Waals surface area contributed by atoms with Crippen LogP contribution in [0.25, 0.3) is 0 Å². The molecular weight excluding hydrogens is 232 g/mol. The second kappa shape index (κ2) is 5.18. The number of hydrogen-bond acceptors (Lipinski definition) is 3. The number of hydrogen-bond donors (Lipinski definition) is 3. The molecule has 1 saturated heterocycles. The maximum Gasteiger partial charge on any atom is 0.308 e. The molecule has 1 aromatic carbocycles. The first-order valence-electron chi connectivity index (χ1n) is 5.93. The highest BCUT2D eigenvalue weighted by Gasteiger charge is 2.31. The summed E-state index contributed by atoms with van der Waals surface area (Å²) in [5.74, 6) is -1.68. The normalized spacial score (nSPS) is 23.6. The molecule has 1 aromatic rings. The zero-order valence-corrected chi connectivity index (χ0v) is 9.93. The third-order valence-electron chi connectivity index (χ3n) is 3.42. The van der Waals surface area contributed by atoms with Crippen LogP contribution >= 0.6 is 0 Å². The van der Waals surface area contributed by atoms with Gasteiger partial charge < -0.3 is 16.2 Å². The minimum absolute atomic E-state index is 0.00863. The van der Waals surface area contributed by atoms with Crippen molar-refractivity contribution in [2.24, 2.45) is 11.7 Å². The molecule has 2 rings (SSSR count). The Morgan fingerprint density at radius 1 is 1.28 bits per heavy atom. The van der Waals surface area contributed by atoms with E-state index in [1.54, 1.807) is 24.3 Å². The number of primary amides is 1. The highest BCUT2D eigenvalue weighted by Crippen LogP contribution is 2.30. The van der Waals surface area contributed by atoms with E-state index in [0.29, 0.717) is 12.1 Å². The Balaban J connectivity index is 2.23. The molecule has 96 valence electrons. The molecule has 0 aliphatic carbocycles. The van der Waals surface area contributed by atoms with Gasteiger partial charge in [0.15, 0.2) is 0 Å². The van der Waals surface area contributed by atoms with E-state index >= 15 is 0 Å². The SMILES string of the molecule is NC(=O)c1ccc(C2CCNCC2C(=O)O)cc1. The summed E-state index contributed by atoms with van der Waals surface area (Å²) in [4.78, 5) is 22.2. The Hall–Kier alpha value is -1.88. The number of piperidine rings is 1. The van der Waals surface area contributed by atoms with E-state index in [1.165, 1.54) is 0 Å². The standard InChI is InChI=1S/C13H16N2O3/c14-12(16)9-3-1-8(2-4-9)10-5-6-15-7-11(10)13(17)18/h1-4,10-11,15H,5-7H2,(H2,14,16)(H,17,18). The van der Waals surface area contributed by atoms with E-state index in [4.69, 9.17) is 5.73 Å². The first-order valence-corrected chi connectivity index (χ1v) is 5.93. The summed E-state index contributed by atoms with van der Waals surface area (Å²) in [5.41, 5.74) is 6.57. The zero-order chi connectivity index (χ0) is 13.1. The van der Waals surface area contributed by atoms with Crippen LogP contribution in [0.4, 0.5) is 0 Å². The topological polar surface area (TPSA) is 92.4 Å². The molecule has 2 unspecified atom stereocenters. The molecule has 1 aliphatic rings. The third kappa shape index (κ3) is 2.51. The second-order valence-corrected chi connectivity index (χ2v) is 4.53. The van der Waals surface area contributed by atoms with Crippen LogP contribution in [-0.2, 0) is 4.79 Å². The predicted molar refractivity (Wildman–Crippen MR) is 66.3 cm³/mol. The van der Waals surface area contributed by atoms with Crippen LogP contribution in [0.1, 0.15) is 28.3 Å². The van der Waals surface area contributed by atoms with E-state index in [2.05, 4.69) is 5.32 Å². The molecule has 1 amide bonds. The number of carboxylic acids is 1. The highest BCUT2D eigenvalue weighted by molar-refractivity contribution is 5.92. The second-order valence-electron chi connectivity index (χ2n) is 4.53. The Labute approximate surface area is 105 Å². The van der Waals surface area contributed by atoms with Gasteiger partial charge in [0.05, 0.1) is 5.92 Å². The minimum Gasteiger partial charge on any atom is -0.481 e. The molecule has 0 radical (unpaired) electrons. The van der Waals surface area contributed by atoms with Gasteiger partial charge in [0.2, 0.25) is 5.91 Å². The molecule has 1 heterocycles. The Bertz CT molecular complexity index is 456. The first kappa shape index (κ1) is 12.6. The van der Waals surface area contributed by atoms with Gasteiger partial charge in [0, 0.05) is 12.1 Å². The molecule has 0 aromatic heterocycles. The predicted octanol–water partition coefficient (Wildman–Crippen LogP) is 0.563. The smallest absolute Gasteiger partial charge is 0.308 e. The third-order valence-corrected chi connectivity index (χ3v) is 3.42. The van der Waals surface area contributed by atoms with Gasteiger partial charge in [-0.25, -0.2) is 0 Å². The van der Waals surface area contributed by atoms with Crippen molar-refractivity contribution >= 4 is 11.9 Å². The van der Waals surface area contributed by atoms with E-state index in [9.17, 15) is 14.7 Å². The fourth-order valence-corrected chi connectivity index (χ4v) is 2.41. The highest BCUT2D eigenvalue weighted by atomic mass is 16.4. The molecular formula is C13H16N2O3. The summed E-state index contributed by atoms with van der Waals surface area (Å²) in [6.45, 7) is 1.30. The number of carboxylic acid groups (broad SMARTS) is 1. The zero-order valence-electron chi connectivity index (χ0n) is 9.93. The van der Waals surface area contributed by atoms with Crippen LogP contribution in [0.5, 0.6) is 0 Å². The van der Waals surface area contributed by atoms with E-state index in [1.807, 2.05) is 0 Å². The van der Waals surface area contributed by atoms with Gasteiger partial charge in [0.25, 0.3) is 0 Å². The van der Waals surface area contributed by atoms with Gasteiger partial charge in [0.1, 0.15) is 0 Å². The van der Waals surface area contributed by atoms with Crippen molar-refractivity contribution in [1.82, 2.24) is 5.32 Å². The van der Waals surface area contributed by atoms with Crippen molar-refractivity contribution in [3.05, 3.63) is 35.4 Å². The van der Waals surface area contributed by atoms with Crippen molar-refractivity contribution in [3.63, 3.8) is 0 Å². The van der Waals surface area contributed by atoms with Crippen LogP contribution in [-0.4, -0.2) is 30.1 Å². The largest absolute Gasteiger partial charge is 0.481 e. The molecule has 0 saturated carbocycles. The Kier molecular flexibility index (Phi) is 3.62. The maximum atomic E-state index is 11.2. The van der Waals surface area contributed by atoms with Crippen molar-refractivity contribution in [2.45, 2.75) is 12.3 Å². The van der Waals surface area contributed by atoms with E-state index < -0.39 is 17.8 Å². The number of aliphatic carboxylic acids is 1. The fourth-order valence-electron chi connectivity index (χ4n) is 2.41. The monoisotopic (exact) mass is 248 g/mol. The van der Waals surface area contributed by atoms with E-state index in [0.717, 1.165) is 18.5 Å². The summed E-state index contributed by atoms with van der Waals surface area (Å²) in [6.07, 6.45) is 0.785. The first-order chi connectivity index (χ1) is 8.59. The molecule has 1 aliphatic heterocycles. The van der Waals surface area contributed by atoms with E-state index in [-0.39, 0.29) is 5.92 Å². The van der Waals surface area contributed by atoms with Crippen molar-refractivity contribution in [1.29, 1.82) is 0 Å². The summed E-state index contributed by atoms with van der Waals surface area (Å²) >= 11 is 0. The quantitative estimate of drug-likeness (QED) is 0.729. The number of carbonyl (C=O) groups excluding carboxylic acids is 1. The van der Waals surface area contributed by atoms with Gasteiger partial charge in [-0.05, 0) is 36.6 Å². The molecule has 18 heavy (non-hydrogen) atoms. The molecule has 1 fully saturated rings. The molecule has 5 heteroatoms. The average Bonchev–Trinajstić information content (AvgIpc) is 2.39. The molecule has 4 N–H and O–H groups in total. The lowest BCUT2D eigenvalue weighted by molar-refractivity contribution is -0.142. The van der Waals surface area contributed by atoms with Gasteiger partial charge in [-0.15, -0.1) is 0 Å². The number of carbonyl (C=O) groups is 2. The van der Waals surface area contributed by atoms with Crippen molar-refractivity contribution in [2.75, 3.05) is 13.1 Å². The number of nitrogens with two attached hydrogens (primary N) is 1. The summed E-state index contributed by atoms with van der Waals surface area (Å²) in [5, 5.41) is 12.3. The molecule has 5 nitrogen and oxygen atoms in total. The fraction of sp³-hybridized carbons (Fsp3) is 0.385. The number of amides is 1. The maximum absolute atomic E-state index is 11.2. The van der Waals surface area contributed by atoms with Gasteiger partial charge in [-0.3, -0.25) is 9.59 Å². The number of benzene rings is 1. The minimum atomic E-state index is -0.786. The van der Waals surface area contributed by atoms with Crippen molar-refractivity contribution < 1.29 is 14.7 Å². The van der Waals surface area contributed by atoms with Gasteiger partial charge in [-0.2, -0.15) is 0 Å². The van der Waals surface area contributed by atoms with Gasteiger partial charge >= 0.3 is 5.97 Å². The number of rotatable bonds is 3. The summed E-state index contributed by atoms with van der Waals surface area (Å²) in [7, 11) is 0. The van der Waals surface area contributed by atoms with Crippen LogP contribution in [0.3, 0.4) is 0 Å². The molecule has 0 bridgehead atoms. The number of nitrogens with one attached hydrogen (secondary N) is 1.